The molecule has 0 aromatic rings. The predicted molar refractivity (Wildman–Crippen MR) is 81.6 cm³/mol. The molecule has 0 nitrogen and oxygen atoms in total. The molecular weight excluding hydrogens is 239 g/mol. The summed E-state index contributed by atoms with van der Waals surface area (Å²) in [6.45, 7) is 2.28. The first kappa shape index (κ1) is 16.1. The van der Waals surface area contributed by atoms with Gasteiger partial charge in [0.25, 0.3) is 0 Å². The van der Waals surface area contributed by atoms with Crippen molar-refractivity contribution in [3.8, 4) is 0 Å². The second-order valence-electron chi connectivity index (χ2n) is 4.28. The third-order valence-electron chi connectivity index (χ3n) is 2.71. The van der Waals surface area contributed by atoms with Gasteiger partial charge in [-0.15, -0.1) is 24.5 Å². The van der Waals surface area contributed by atoms with Crippen LogP contribution in [-0.2, 0) is 0 Å². The maximum atomic E-state index is 4.32. The van der Waals surface area contributed by atoms with Crippen LogP contribution in [0.1, 0.15) is 71.1 Å². The van der Waals surface area contributed by atoms with E-state index in [1.807, 2.05) is 0 Å². The number of hydrogen-bond acceptors (Lipinski definition) is 2. The Balaban J connectivity index is 2.87. The molecular formula is C12H27PS2. The minimum Gasteiger partial charge on any atom is -0.140 e. The van der Waals surface area contributed by atoms with Crippen LogP contribution in [-0.4, -0.2) is 6.16 Å². The number of thiol groups is 2. The molecule has 15 heavy (non-hydrogen) atoms. The topological polar surface area (TPSA) is 0 Å². The highest BCUT2D eigenvalue weighted by atomic mass is 33.1. The lowest BCUT2D eigenvalue weighted by atomic mass is 10.1. The highest BCUT2D eigenvalue weighted by Gasteiger charge is 1.95. The highest BCUT2D eigenvalue weighted by Crippen LogP contribution is 2.45. The third kappa shape index (κ3) is 15.1. The number of rotatable bonds is 11. The molecule has 3 heteroatoms. The molecule has 0 aliphatic heterocycles. The third-order valence-corrected chi connectivity index (χ3v) is 4.63. The van der Waals surface area contributed by atoms with Crippen LogP contribution in [0, 0.1) is 0 Å². The van der Waals surface area contributed by atoms with Crippen molar-refractivity contribution in [3.05, 3.63) is 0 Å². The van der Waals surface area contributed by atoms with Crippen molar-refractivity contribution in [1.82, 2.24) is 0 Å². The minimum atomic E-state index is -0.246. The van der Waals surface area contributed by atoms with Crippen molar-refractivity contribution < 1.29 is 0 Å². The summed E-state index contributed by atoms with van der Waals surface area (Å²) in [5, 5.41) is 0. The van der Waals surface area contributed by atoms with Crippen LogP contribution >= 0.6 is 30.8 Å². The standard InChI is InChI=1S/C12H27PS2/c1-2-3-4-5-6-7-8-9-10-11-12-13(14)15/h14-15H,2-12H2,1H3. The molecule has 92 valence electrons. The summed E-state index contributed by atoms with van der Waals surface area (Å²) in [6.07, 6.45) is 15.1. The van der Waals surface area contributed by atoms with Crippen LogP contribution in [0.25, 0.3) is 0 Å². The van der Waals surface area contributed by atoms with Gasteiger partial charge < -0.3 is 0 Å². The molecule has 0 aromatic carbocycles. The quantitative estimate of drug-likeness (QED) is 0.253. The van der Waals surface area contributed by atoms with Gasteiger partial charge in [0.2, 0.25) is 0 Å². The summed E-state index contributed by atoms with van der Waals surface area (Å²) in [5.41, 5.74) is 0. The Morgan fingerprint density at radius 2 is 1.07 bits per heavy atom. The van der Waals surface area contributed by atoms with Crippen molar-refractivity contribution in [3.63, 3.8) is 0 Å². The van der Waals surface area contributed by atoms with Crippen LogP contribution in [0.5, 0.6) is 0 Å². The molecule has 0 unspecified atom stereocenters. The molecule has 0 N–H and O–H groups in total. The molecule has 0 aliphatic rings. The first-order chi connectivity index (χ1) is 7.27. The largest absolute Gasteiger partial charge is 0.140 e. The summed E-state index contributed by atoms with van der Waals surface area (Å²) in [4.78, 5) is 0. The van der Waals surface area contributed by atoms with Crippen molar-refractivity contribution in [2.24, 2.45) is 0 Å². The van der Waals surface area contributed by atoms with Gasteiger partial charge in [-0.3, -0.25) is 0 Å². The second-order valence-corrected chi connectivity index (χ2v) is 9.31. The van der Waals surface area contributed by atoms with E-state index in [1.165, 1.54) is 70.4 Å². The Morgan fingerprint density at radius 1 is 0.667 bits per heavy atom. The zero-order valence-electron chi connectivity index (χ0n) is 10.1. The lowest BCUT2D eigenvalue weighted by Crippen LogP contribution is -1.82. The summed E-state index contributed by atoms with van der Waals surface area (Å²) in [5.74, 6) is 0. The molecule has 0 aromatic heterocycles. The SMILES string of the molecule is CCCCCCCCCCCCP(S)S. The maximum Gasteiger partial charge on any atom is 0.00564 e. The number of unbranched alkanes of at least 4 members (excludes halogenated alkanes) is 9. The van der Waals surface area contributed by atoms with Crippen LogP contribution in [0.15, 0.2) is 0 Å². The fourth-order valence-electron chi connectivity index (χ4n) is 1.74. The van der Waals surface area contributed by atoms with Gasteiger partial charge in [-0.1, -0.05) is 64.7 Å². The van der Waals surface area contributed by atoms with Crippen molar-refractivity contribution in [2.45, 2.75) is 71.1 Å². The summed E-state index contributed by atoms with van der Waals surface area (Å²) >= 11 is 8.64. The molecule has 0 atom stereocenters. The minimum absolute atomic E-state index is 0.246. The molecule has 0 bridgehead atoms. The van der Waals surface area contributed by atoms with Crippen molar-refractivity contribution in [2.75, 3.05) is 6.16 Å². The Kier molecular flexibility index (Phi) is 14.2. The lowest BCUT2D eigenvalue weighted by Gasteiger charge is -2.03. The second kappa shape index (κ2) is 13.2. The van der Waals surface area contributed by atoms with Gasteiger partial charge in [0, 0.05) is 6.33 Å². The normalized spacial score (nSPS) is 11.2. The van der Waals surface area contributed by atoms with Crippen molar-refractivity contribution >= 4 is 30.8 Å². The first-order valence-electron chi connectivity index (χ1n) is 6.42. The van der Waals surface area contributed by atoms with E-state index in [-0.39, 0.29) is 6.33 Å². The zero-order valence-corrected chi connectivity index (χ0v) is 12.8. The van der Waals surface area contributed by atoms with E-state index in [0.29, 0.717) is 0 Å². The smallest absolute Gasteiger partial charge is 0.00564 e. The molecule has 0 radical (unpaired) electrons. The first-order valence-corrected chi connectivity index (χ1v) is 10.3. The fourth-order valence-corrected chi connectivity index (χ4v) is 3.10. The van der Waals surface area contributed by atoms with Gasteiger partial charge in [-0.25, -0.2) is 0 Å². The van der Waals surface area contributed by atoms with Gasteiger partial charge in [-0.2, -0.15) is 0 Å². The monoisotopic (exact) mass is 266 g/mol. The van der Waals surface area contributed by atoms with Crippen LogP contribution in [0.4, 0.5) is 0 Å². The fraction of sp³-hybridized carbons (Fsp3) is 1.00. The van der Waals surface area contributed by atoms with Gasteiger partial charge >= 0.3 is 0 Å². The Morgan fingerprint density at radius 3 is 1.47 bits per heavy atom. The van der Waals surface area contributed by atoms with E-state index < -0.39 is 0 Å². The van der Waals surface area contributed by atoms with E-state index in [9.17, 15) is 0 Å². The molecule has 0 spiro atoms. The van der Waals surface area contributed by atoms with Gasteiger partial charge in [0.1, 0.15) is 0 Å². The summed E-state index contributed by atoms with van der Waals surface area (Å²) < 4.78 is 0. The molecule has 0 saturated heterocycles. The van der Waals surface area contributed by atoms with Gasteiger partial charge in [0.15, 0.2) is 0 Å². The molecule has 0 fully saturated rings. The van der Waals surface area contributed by atoms with E-state index >= 15 is 0 Å². The van der Waals surface area contributed by atoms with Crippen LogP contribution < -0.4 is 0 Å². The van der Waals surface area contributed by atoms with Crippen LogP contribution in [0.3, 0.4) is 0 Å². The Labute approximate surface area is 108 Å². The molecule has 0 heterocycles. The molecule has 0 saturated carbocycles. The maximum absolute atomic E-state index is 4.32. The molecule has 0 amide bonds. The van der Waals surface area contributed by atoms with Crippen molar-refractivity contribution in [1.29, 1.82) is 0 Å². The Bertz CT molecular complexity index is 118. The van der Waals surface area contributed by atoms with E-state index in [2.05, 4.69) is 31.4 Å². The van der Waals surface area contributed by atoms with Gasteiger partial charge in [-0.05, 0) is 12.6 Å². The van der Waals surface area contributed by atoms with E-state index in [4.69, 9.17) is 0 Å². The van der Waals surface area contributed by atoms with E-state index in [1.54, 1.807) is 0 Å². The molecule has 0 rings (SSSR count). The Hall–Kier alpha value is 1.13. The average molecular weight is 266 g/mol. The predicted octanol–water partition coefficient (Wildman–Crippen LogP) is 6.08. The zero-order chi connectivity index (χ0) is 11.4. The molecule has 0 aliphatic carbocycles. The lowest BCUT2D eigenvalue weighted by molar-refractivity contribution is 0.563. The van der Waals surface area contributed by atoms with Gasteiger partial charge in [0.05, 0.1) is 0 Å². The average Bonchev–Trinajstić information content (AvgIpc) is 2.20. The van der Waals surface area contributed by atoms with Crippen LogP contribution in [0.2, 0.25) is 0 Å². The number of hydrogen-bond donors (Lipinski definition) is 2. The summed E-state index contributed by atoms with van der Waals surface area (Å²) in [6, 6.07) is 0. The van der Waals surface area contributed by atoms with E-state index in [0.717, 1.165) is 0 Å². The summed E-state index contributed by atoms with van der Waals surface area (Å²) in [7, 11) is 0. The highest BCUT2D eigenvalue weighted by molar-refractivity contribution is 8.78.